The van der Waals surface area contributed by atoms with Crippen molar-refractivity contribution in [2.75, 3.05) is 0 Å². The van der Waals surface area contributed by atoms with Gasteiger partial charge in [0.25, 0.3) is 0 Å². The second-order valence-electron chi connectivity index (χ2n) is 9.15. The molecule has 0 saturated carbocycles. The molecule has 0 radical (unpaired) electrons. The Kier molecular flexibility index (Phi) is 17.2. The molecule has 0 unspecified atom stereocenters. The molecular formula is C28H48O3. The van der Waals surface area contributed by atoms with E-state index in [9.17, 15) is 9.59 Å². The molecule has 0 aromatic rings. The van der Waals surface area contributed by atoms with Crippen LogP contribution >= 0.6 is 0 Å². The molecule has 0 N–H and O–H groups in total. The van der Waals surface area contributed by atoms with Crippen molar-refractivity contribution in [3.05, 3.63) is 23.3 Å². The van der Waals surface area contributed by atoms with E-state index in [0.717, 1.165) is 25.7 Å². The number of carbonyl (C=O) groups is 2. The lowest BCUT2D eigenvalue weighted by Crippen LogP contribution is -1.97. The molecule has 31 heavy (non-hydrogen) atoms. The number of carbonyl (C=O) groups excluding carboxylic acids is 2. The van der Waals surface area contributed by atoms with Crippen LogP contribution < -0.4 is 0 Å². The van der Waals surface area contributed by atoms with Crippen LogP contribution in [0.3, 0.4) is 0 Å². The van der Waals surface area contributed by atoms with Gasteiger partial charge in [-0.05, 0) is 25.7 Å². The van der Waals surface area contributed by atoms with Crippen LogP contribution in [0.5, 0.6) is 0 Å². The molecule has 3 heteroatoms. The molecule has 0 amide bonds. The minimum Gasteiger partial charge on any atom is -0.386 e. The van der Waals surface area contributed by atoms with Crippen molar-refractivity contribution >= 4 is 11.9 Å². The summed E-state index contributed by atoms with van der Waals surface area (Å²) in [5.74, 6) is -0.918. The number of allylic oxidation sites excluding steroid dienone is 2. The minimum atomic E-state index is -0.459. The smallest absolute Gasteiger partial charge is 0.346 e. The first-order chi connectivity index (χ1) is 15.2. The third-order valence-corrected chi connectivity index (χ3v) is 6.23. The summed E-state index contributed by atoms with van der Waals surface area (Å²) >= 11 is 0. The van der Waals surface area contributed by atoms with E-state index < -0.39 is 11.9 Å². The zero-order valence-corrected chi connectivity index (χ0v) is 20.5. The first-order valence-electron chi connectivity index (χ1n) is 13.4. The molecule has 1 rings (SSSR count). The average Bonchev–Trinajstić information content (AvgIpc) is 3.03. The Morgan fingerprint density at radius 1 is 0.484 bits per heavy atom. The molecule has 1 saturated heterocycles. The Hall–Kier alpha value is -1.38. The van der Waals surface area contributed by atoms with Crippen LogP contribution in [0.25, 0.3) is 0 Å². The molecule has 1 aliphatic heterocycles. The van der Waals surface area contributed by atoms with Gasteiger partial charge in [-0.3, -0.25) is 0 Å². The van der Waals surface area contributed by atoms with Crippen molar-refractivity contribution in [1.29, 1.82) is 0 Å². The van der Waals surface area contributed by atoms with Crippen LogP contribution in [0.15, 0.2) is 23.3 Å². The highest BCUT2D eigenvalue weighted by Gasteiger charge is 2.32. The van der Waals surface area contributed by atoms with Gasteiger partial charge < -0.3 is 4.74 Å². The molecule has 1 aliphatic rings. The van der Waals surface area contributed by atoms with Gasteiger partial charge >= 0.3 is 11.9 Å². The van der Waals surface area contributed by atoms with Gasteiger partial charge in [0.15, 0.2) is 0 Å². The predicted molar refractivity (Wildman–Crippen MR) is 131 cm³/mol. The van der Waals surface area contributed by atoms with E-state index in [0.29, 0.717) is 11.1 Å². The standard InChI is InChI=1S/C28H48O3/c1-3-5-7-9-11-13-15-17-19-21-23-25-26(28(30)31-27(25)29)24-22-20-18-16-14-12-10-8-6-4-2/h23-24H,3-22H2,1-2H3. The Balaban J connectivity index is 2.19. The summed E-state index contributed by atoms with van der Waals surface area (Å²) in [5, 5.41) is 0. The molecule has 0 aromatic carbocycles. The molecule has 1 fully saturated rings. The van der Waals surface area contributed by atoms with E-state index in [1.54, 1.807) is 0 Å². The van der Waals surface area contributed by atoms with Crippen LogP contribution in [0.4, 0.5) is 0 Å². The molecule has 1 heterocycles. The van der Waals surface area contributed by atoms with Crippen molar-refractivity contribution in [3.8, 4) is 0 Å². The monoisotopic (exact) mass is 432 g/mol. The summed E-state index contributed by atoms with van der Waals surface area (Å²) in [4.78, 5) is 24.0. The first-order valence-corrected chi connectivity index (χ1v) is 13.4. The topological polar surface area (TPSA) is 43.4 Å². The van der Waals surface area contributed by atoms with Gasteiger partial charge in [0.05, 0.1) is 11.1 Å². The predicted octanol–water partition coefficient (Wildman–Crippen LogP) is 8.76. The number of ether oxygens (including phenoxy) is 1. The van der Waals surface area contributed by atoms with Crippen LogP contribution in [0.1, 0.15) is 142 Å². The largest absolute Gasteiger partial charge is 0.386 e. The lowest BCUT2D eigenvalue weighted by Gasteiger charge is -2.02. The molecular weight excluding hydrogens is 384 g/mol. The molecule has 3 nitrogen and oxygen atoms in total. The van der Waals surface area contributed by atoms with Crippen LogP contribution in [0, 0.1) is 0 Å². The van der Waals surface area contributed by atoms with Crippen molar-refractivity contribution in [3.63, 3.8) is 0 Å². The Morgan fingerprint density at radius 3 is 1.10 bits per heavy atom. The highest BCUT2D eigenvalue weighted by molar-refractivity contribution is 6.18. The highest BCUT2D eigenvalue weighted by atomic mass is 16.6. The van der Waals surface area contributed by atoms with E-state index >= 15 is 0 Å². The van der Waals surface area contributed by atoms with Gasteiger partial charge in [-0.25, -0.2) is 9.59 Å². The molecule has 0 atom stereocenters. The maximum absolute atomic E-state index is 12.0. The number of rotatable bonds is 20. The van der Waals surface area contributed by atoms with Gasteiger partial charge in [0, 0.05) is 0 Å². The van der Waals surface area contributed by atoms with E-state index in [2.05, 4.69) is 13.8 Å². The van der Waals surface area contributed by atoms with Crippen molar-refractivity contribution in [2.45, 2.75) is 142 Å². The third-order valence-electron chi connectivity index (χ3n) is 6.23. The fraction of sp³-hybridized carbons (Fsp3) is 0.786. The minimum absolute atomic E-state index is 0.459. The highest BCUT2D eigenvalue weighted by Crippen LogP contribution is 2.24. The number of esters is 2. The molecule has 0 spiro atoms. The van der Waals surface area contributed by atoms with Gasteiger partial charge in [0.2, 0.25) is 0 Å². The van der Waals surface area contributed by atoms with Crippen LogP contribution in [0.2, 0.25) is 0 Å². The van der Waals surface area contributed by atoms with Crippen molar-refractivity contribution in [2.24, 2.45) is 0 Å². The number of cyclic esters (lactones) is 2. The first kappa shape index (κ1) is 27.7. The fourth-order valence-electron chi connectivity index (χ4n) is 4.20. The lowest BCUT2D eigenvalue weighted by atomic mass is 10.0. The summed E-state index contributed by atoms with van der Waals surface area (Å²) in [6, 6.07) is 0. The molecule has 178 valence electrons. The van der Waals surface area contributed by atoms with E-state index in [1.807, 2.05) is 12.2 Å². The SMILES string of the molecule is CCCCCCCCCCCC=C1C(=O)OC(=O)C1=CCCCCCCCCCCC. The van der Waals surface area contributed by atoms with Crippen molar-refractivity contribution in [1.82, 2.24) is 0 Å². The molecule has 0 bridgehead atoms. The Morgan fingerprint density at radius 2 is 0.774 bits per heavy atom. The summed E-state index contributed by atoms with van der Waals surface area (Å²) < 4.78 is 4.86. The van der Waals surface area contributed by atoms with E-state index in [1.165, 1.54) is 103 Å². The zero-order valence-electron chi connectivity index (χ0n) is 20.5. The number of hydrogen-bond donors (Lipinski definition) is 0. The van der Waals surface area contributed by atoms with E-state index in [4.69, 9.17) is 4.74 Å². The van der Waals surface area contributed by atoms with E-state index in [-0.39, 0.29) is 0 Å². The molecule has 0 aliphatic carbocycles. The summed E-state index contributed by atoms with van der Waals surface area (Å²) in [6.07, 6.45) is 28.7. The molecule has 0 aromatic heterocycles. The Labute approximate surface area is 192 Å². The second kappa shape index (κ2) is 19.3. The van der Waals surface area contributed by atoms with Crippen LogP contribution in [-0.2, 0) is 14.3 Å². The quantitative estimate of drug-likeness (QED) is 0.0835. The fourth-order valence-corrected chi connectivity index (χ4v) is 4.20. The maximum Gasteiger partial charge on any atom is 0.346 e. The van der Waals surface area contributed by atoms with Gasteiger partial charge in [0.1, 0.15) is 0 Å². The second-order valence-corrected chi connectivity index (χ2v) is 9.15. The Bertz CT molecular complexity index is 496. The number of hydrogen-bond acceptors (Lipinski definition) is 3. The third kappa shape index (κ3) is 13.6. The van der Waals surface area contributed by atoms with Gasteiger partial charge in [-0.1, -0.05) is 129 Å². The summed E-state index contributed by atoms with van der Waals surface area (Å²) in [7, 11) is 0. The van der Waals surface area contributed by atoms with Gasteiger partial charge in [-0.2, -0.15) is 0 Å². The lowest BCUT2D eigenvalue weighted by molar-refractivity contribution is -0.149. The van der Waals surface area contributed by atoms with Crippen LogP contribution in [-0.4, -0.2) is 11.9 Å². The zero-order chi connectivity index (χ0) is 22.6. The normalized spacial score (nSPS) is 16.6. The number of unbranched alkanes of at least 4 members (excludes halogenated alkanes) is 18. The summed E-state index contributed by atoms with van der Waals surface area (Å²) in [6.45, 7) is 4.50. The van der Waals surface area contributed by atoms with Crippen molar-refractivity contribution < 1.29 is 14.3 Å². The van der Waals surface area contributed by atoms with Gasteiger partial charge in [-0.15, -0.1) is 0 Å². The maximum atomic E-state index is 12.0. The summed E-state index contributed by atoms with van der Waals surface area (Å²) in [5.41, 5.74) is 1.00. The average molecular weight is 433 g/mol.